The molecule has 0 bridgehead atoms. The lowest BCUT2D eigenvalue weighted by molar-refractivity contribution is 0.121. The Morgan fingerprint density at radius 1 is 1.27 bits per heavy atom. The van der Waals surface area contributed by atoms with E-state index in [9.17, 15) is 9.59 Å². The number of fused-ring (bicyclic) bond motifs is 1. The maximum Gasteiger partial charge on any atom is 0.410 e. The van der Waals surface area contributed by atoms with Gasteiger partial charge in [0, 0.05) is 57.7 Å². The molecule has 0 aromatic carbocycles. The van der Waals surface area contributed by atoms with Crippen LogP contribution in [0.3, 0.4) is 0 Å². The number of rotatable bonds is 3. The number of aromatic nitrogens is 1. The van der Waals surface area contributed by atoms with E-state index in [0.717, 1.165) is 32.5 Å². The second-order valence-electron chi connectivity index (χ2n) is 7.23. The van der Waals surface area contributed by atoms with Crippen LogP contribution in [0.2, 0.25) is 0 Å². The summed E-state index contributed by atoms with van der Waals surface area (Å²) in [6, 6.07) is 4.26. The molecule has 0 saturated carbocycles. The predicted octanol–water partition coefficient (Wildman–Crippen LogP) is 0.892. The highest BCUT2D eigenvalue weighted by molar-refractivity contribution is 5.76. The molecule has 1 aromatic heterocycles. The van der Waals surface area contributed by atoms with E-state index in [0.29, 0.717) is 26.2 Å². The van der Waals surface area contributed by atoms with Crippen molar-refractivity contribution in [3.63, 3.8) is 0 Å². The van der Waals surface area contributed by atoms with Crippen LogP contribution in [0.15, 0.2) is 24.5 Å². The monoisotopic (exact) mass is 359 g/mol. The molecule has 3 aliphatic heterocycles. The third kappa shape index (κ3) is 3.75. The number of piperazine rings is 1. The summed E-state index contributed by atoms with van der Waals surface area (Å²) in [5, 5.41) is 3.17. The SMILES string of the molecule is O=C(NC1CCN(Cc2cccnc2)CC1)N1CCN2C(=O)OC[C@H]2C1. The summed E-state index contributed by atoms with van der Waals surface area (Å²) < 4.78 is 5.06. The van der Waals surface area contributed by atoms with E-state index in [4.69, 9.17) is 4.74 Å². The van der Waals surface area contributed by atoms with Crippen LogP contribution in [0.25, 0.3) is 0 Å². The van der Waals surface area contributed by atoms with Crippen LogP contribution in [-0.2, 0) is 11.3 Å². The van der Waals surface area contributed by atoms with Gasteiger partial charge in [-0.25, -0.2) is 9.59 Å². The van der Waals surface area contributed by atoms with Gasteiger partial charge in [-0.05, 0) is 24.5 Å². The Morgan fingerprint density at radius 3 is 2.88 bits per heavy atom. The second-order valence-corrected chi connectivity index (χ2v) is 7.23. The van der Waals surface area contributed by atoms with Gasteiger partial charge in [-0.15, -0.1) is 0 Å². The number of hydrogen-bond donors (Lipinski definition) is 1. The number of piperidine rings is 1. The molecule has 0 spiro atoms. The molecule has 1 aromatic rings. The molecule has 0 unspecified atom stereocenters. The lowest BCUT2D eigenvalue weighted by Gasteiger charge is -2.37. The van der Waals surface area contributed by atoms with Gasteiger partial charge in [0.2, 0.25) is 0 Å². The molecular weight excluding hydrogens is 334 g/mol. The zero-order valence-corrected chi connectivity index (χ0v) is 14.8. The summed E-state index contributed by atoms with van der Waals surface area (Å²) in [5.74, 6) is 0. The zero-order valence-electron chi connectivity index (χ0n) is 14.8. The summed E-state index contributed by atoms with van der Waals surface area (Å²) in [7, 11) is 0. The first kappa shape index (κ1) is 17.1. The molecule has 3 amide bonds. The average molecular weight is 359 g/mol. The van der Waals surface area contributed by atoms with Crippen molar-refractivity contribution < 1.29 is 14.3 Å². The number of carbonyl (C=O) groups excluding carboxylic acids is 2. The largest absolute Gasteiger partial charge is 0.447 e. The van der Waals surface area contributed by atoms with E-state index in [1.54, 1.807) is 11.1 Å². The topological polar surface area (TPSA) is 78.0 Å². The Kier molecular flexibility index (Phi) is 4.92. The fraction of sp³-hybridized carbons (Fsp3) is 0.611. The van der Waals surface area contributed by atoms with Crippen LogP contribution in [0, 0.1) is 0 Å². The third-order valence-corrected chi connectivity index (χ3v) is 5.45. The highest BCUT2D eigenvalue weighted by Crippen LogP contribution is 2.19. The van der Waals surface area contributed by atoms with Gasteiger partial charge in [0.25, 0.3) is 0 Å². The number of pyridine rings is 1. The van der Waals surface area contributed by atoms with Gasteiger partial charge in [-0.3, -0.25) is 14.8 Å². The fourth-order valence-corrected chi connectivity index (χ4v) is 3.92. The molecule has 8 nitrogen and oxygen atoms in total. The number of hydrogen-bond acceptors (Lipinski definition) is 5. The molecule has 3 saturated heterocycles. The number of amides is 3. The predicted molar refractivity (Wildman–Crippen MR) is 94.5 cm³/mol. The molecular formula is C18H25N5O3. The molecule has 4 heterocycles. The number of cyclic esters (lactones) is 1. The lowest BCUT2D eigenvalue weighted by atomic mass is 10.0. The molecule has 26 heavy (non-hydrogen) atoms. The van der Waals surface area contributed by atoms with Crippen LogP contribution in [-0.4, -0.2) is 83.2 Å². The molecule has 0 radical (unpaired) electrons. The van der Waals surface area contributed by atoms with Crippen molar-refractivity contribution in [3.8, 4) is 0 Å². The fourth-order valence-electron chi connectivity index (χ4n) is 3.92. The smallest absolute Gasteiger partial charge is 0.410 e. The average Bonchev–Trinajstić information content (AvgIpc) is 3.04. The van der Waals surface area contributed by atoms with Crippen molar-refractivity contribution >= 4 is 12.1 Å². The van der Waals surface area contributed by atoms with Crippen LogP contribution >= 0.6 is 0 Å². The van der Waals surface area contributed by atoms with Gasteiger partial charge in [-0.1, -0.05) is 6.07 Å². The Morgan fingerprint density at radius 2 is 2.12 bits per heavy atom. The van der Waals surface area contributed by atoms with Gasteiger partial charge in [0.05, 0.1) is 6.04 Å². The van der Waals surface area contributed by atoms with Crippen molar-refractivity contribution in [1.82, 2.24) is 25.0 Å². The Balaban J connectivity index is 1.22. The maximum atomic E-state index is 12.6. The molecule has 8 heteroatoms. The molecule has 3 fully saturated rings. The first-order valence-electron chi connectivity index (χ1n) is 9.29. The minimum absolute atomic E-state index is 0.00308. The van der Waals surface area contributed by atoms with Gasteiger partial charge < -0.3 is 15.0 Å². The Bertz CT molecular complexity index is 647. The highest BCUT2D eigenvalue weighted by atomic mass is 16.6. The summed E-state index contributed by atoms with van der Waals surface area (Å²) in [6.07, 6.45) is 5.36. The first-order chi connectivity index (χ1) is 12.7. The molecule has 140 valence electrons. The van der Waals surface area contributed by atoms with Gasteiger partial charge in [-0.2, -0.15) is 0 Å². The first-order valence-corrected chi connectivity index (χ1v) is 9.29. The molecule has 3 aliphatic rings. The van der Waals surface area contributed by atoms with Crippen LogP contribution in [0.1, 0.15) is 18.4 Å². The molecule has 4 rings (SSSR count). The van der Waals surface area contributed by atoms with Crippen molar-refractivity contribution in [3.05, 3.63) is 30.1 Å². The van der Waals surface area contributed by atoms with Crippen molar-refractivity contribution in [2.75, 3.05) is 39.3 Å². The van der Waals surface area contributed by atoms with Crippen LogP contribution in [0.5, 0.6) is 0 Å². The summed E-state index contributed by atoms with van der Waals surface area (Å²) in [6.45, 7) is 4.91. The minimum atomic E-state index is -0.254. The van der Waals surface area contributed by atoms with E-state index in [1.165, 1.54) is 5.56 Å². The van der Waals surface area contributed by atoms with E-state index < -0.39 is 0 Å². The number of ether oxygens (including phenoxy) is 1. The van der Waals surface area contributed by atoms with Gasteiger partial charge >= 0.3 is 12.1 Å². The molecule has 1 N–H and O–H groups in total. The normalized spacial score (nSPS) is 24.3. The number of likely N-dealkylation sites (tertiary alicyclic amines) is 1. The number of nitrogens with zero attached hydrogens (tertiary/aromatic N) is 4. The lowest BCUT2D eigenvalue weighted by Crippen LogP contribution is -2.57. The number of urea groups is 1. The summed E-state index contributed by atoms with van der Waals surface area (Å²) >= 11 is 0. The van der Waals surface area contributed by atoms with E-state index in [-0.39, 0.29) is 24.2 Å². The van der Waals surface area contributed by atoms with E-state index in [2.05, 4.69) is 21.3 Å². The number of nitrogens with one attached hydrogen (secondary N) is 1. The van der Waals surface area contributed by atoms with E-state index >= 15 is 0 Å². The zero-order chi connectivity index (χ0) is 17.9. The van der Waals surface area contributed by atoms with Crippen molar-refractivity contribution in [2.45, 2.75) is 31.5 Å². The minimum Gasteiger partial charge on any atom is -0.447 e. The van der Waals surface area contributed by atoms with E-state index in [1.807, 2.05) is 17.2 Å². The molecule has 0 aliphatic carbocycles. The van der Waals surface area contributed by atoms with Crippen molar-refractivity contribution in [1.29, 1.82) is 0 Å². The number of carbonyl (C=O) groups is 2. The Labute approximate surface area is 153 Å². The van der Waals surface area contributed by atoms with Gasteiger partial charge in [0.1, 0.15) is 6.61 Å². The summed E-state index contributed by atoms with van der Waals surface area (Å²) in [4.78, 5) is 34.2. The Hall–Kier alpha value is -2.35. The quantitative estimate of drug-likeness (QED) is 0.867. The second kappa shape index (κ2) is 7.49. The van der Waals surface area contributed by atoms with Crippen LogP contribution in [0.4, 0.5) is 9.59 Å². The molecule has 1 atom stereocenters. The van der Waals surface area contributed by atoms with Crippen molar-refractivity contribution in [2.24, 2.45) is 0 Å². The van der Waals surface area contributed by atoms with Gasteiger partial charge in [0.15, 0.2) is 0 Å². The van der Waals surface area contributed by atoms with Crippen LogP contribution < -0.4 is 5.32 Å². The maximum absolute atomic E-state index is 12.6. The third-order valence-electron chi connectivity index (χ3n) is 5.45. The standard InChI is InChI=1S/C18H25N5O3/c24-17(22-8-9-23-16(12-22)13-26-18(23)25)20-15-3-6-21(7-4-15)11-14-2-1-5-19-10-14/h1-2,5,10,15-16H,3-4,6-9,11-13H2,(H,20,24)/t16-/m1/s1. The highest BCUT2D eigenvalue weighted by Gasteiger charge is 2.39. The summed E-state index contributed by atoms with van der Waals surface area (Å²) in [5.41, 5.74) is 1.22.